The lowest BCUT2D eigenvalue weighted by atomic mass is 10.2. The molecule has 2 aliphatic rings. The van der Waals surface area contributed by atoms with Gasteiger partial charge in [0.15, 0.2) is 4.75 Å². The molecule has 2 fully saturated rings. The number of nitrogens with one attached hydrogen (secondary N) is 1. The maximum Gasteiger partial charge on any atom is 0.247 e. The largest absolute Gasteiger partial charge is 0.497 e. The van der Waals surface area contributed by atoms with Gasteiger partial charge in [-0.2, -0.15) is 0 Å². The highest BCUT2D eigenvalue weighted by molar-refractivity contribution is 7.91. The molecule has 0 aromatic heterocycles. The Labute approximate surface area is 124 Å². The molecule has 1 N–H and O–H groups in total. The van der Waals surface area contributed by atoms with E-state index in [0.717, 1.165) is 6.42 Å². The predicted octanol–water partition coefficient (Wildman–Crippen LogP) is 1.06. The molecule has 6 nitrogen and oxygen atoms in total. The number of sulfonamides is 1. The Morgan fingerprint density at radius 3 is 2.67 bits per heavy atom. The average molecular weight is 310 g/mol. The SMILES string of the molecule is COc1ccc(NC(=O)[C@]23C[C@H]2CCN(C)S3(=O)=O)cc1. The van der Waals surface area contributed by atoms with Crippen LogP contribution in [0, 0.1) is 5.92 Å². The first-order valence-corrected chi connectivity index (χ1v) is 8.27. The van der Waals surface area contributed by atoms with Crippen LogP contribution in [0.1, 0.15) is 12.8 Å². The van der Waals surface area contributed by atoms with E-state index in [9.17, 15) is 13.2 Å². The molecule has 1 heterocycles. The smallest absolute Gasteiger partial charge is 0.247 e. The Hall–Kier alpha value is -1.60. The Morgan fingerprint density at radius 2 is 2.05 bits per heavy atom. The average Bonchev–Trinajstić information content (AvgIpc) is 3.21. The number of ether oxygens (including phenoxy) is 1. The van der Waals surface area contributed by atoms with Crippen molar-refractivity contribution in [2.75, 3.05) is 26.0 Å². The van der Waals surface area contributed by atoms with Crippen LogP contribution in [0.15, 0.2) is 24.3 Å². The van der Waals surface area contributed by atoms with Gasteiger partial charge >= 0.3 is 0 Å². The number of fused-ring (bicyclic) bond motifs is 1. The lowest BCUT2D eigenvalue weighted by molar-refractivity contribution is -0.117. The highest BCUT2D eigenvalue weighted by atomic mass is 32.2. The summed E-state index contributed by atoms with van der Waals surface area (Å²) in [4.78, 5) is 12.5. The van der Waals surface area contributed by atoms with E-state index >= 15 is 0 Å². The predicted molar refractivity (Wildman–Crippen MR) is 78.6 cm³/mol. The zero-order valence-corrected chi connectivity index (χ0v) is 12.8. The monoisotopic (exact) mass is 310 g/mol. The fraction of sp³-hybridized carbons (Fsp3) is 0.500. The highest BCUT2D eigenvalue weighted by Gasteiger charge is 2.71. The zero-order chi connectivity index (χ0) is 15.3. The summed E-state index contributed by atoms with van der Waals surface area (Å²) < 4.78 is 30.0. The molecule has 1 aliphatic carbocycles. The molecule has 1 saturated carbocycles. The summed E-state index contributed by atoms with van der Waals surface area (Å²) in [7, 11) is -0.468. The van der Waals surface area contributed by atoms with Crippen LogP contribution in [0.3, 0.4) is 0 Å². The number of carbonyl (C=O) groups excluding carboxylic acids is 1. The van der Waals surface area contributed by atoms with E-state index in [0.29, 0.717) is 24.4 Å². The molecule has 1 amide bonds. The first-order chi connectivity index (χ1) is 9.91. The number of rotatable bonds is 3. The van der Waals surface area contributed by atoms with Gasteiger partial charge in [-0.15, -0.1) is 0 Å². The minimum absolute atomic E-state index is 0.0584. The van der Waals surface area contributed by atoms with Gasteiger partial charge in [-0.1, -0.05) is 0 Å². The van der Waals surface area contributed by atoms with E-state index in [4.69, 9.17) is 4.74 Å². The number of benzene rings is 1. The van der Waals surface area contributed by atoms with Crippen molar-refractivity contribution in [2.24, 2.45) is 5.92 Å². The number of nitrogens with zero attached hydrogens (tertiary/aromatic N) is 1. The van der Waals surface area contributed by atoms with E-state index in [-0.39, 0.29) is 5.92 Å². The topological polar surface area (TPSA) is 75.7 Å². The van der Waals surface area contributed by atoms with E-state index in [1.54, 1.807) is 31.4 Å². The van der Waals surface area contributed by atoms with Gasteiger partial charge in [0.1, 0.15) is 5.75 Å². The third-order valence-electron chi connectivity index (χ3n) is 4.44. The molecule has 0 radical (unpaired) electrons. The lowest BCUT2D eigenvalue weighted by Crippen LogP contribution is -2.50. The molecule has 1 aromatic carbocycles. The number of carbonyl (C=O) groups is 1. The fourth-order valence-electron chi connectivity index (χ4n) is 3.00. The van der Waals surface area contributed by atoms with Gasteiger partial charge in [0.25, 0.3) is 0 Å². The summed E-state index contributed by atoms with van der Waals surface area (Å²) in [6.45, 7) is 0.491. The van der Waals surface area contributed by atoms with E-state index in [1.165, 1.54) is 11.4 Å². The third kappa shape index (κ3) is 2.03. The van der Waals surface area contributed by atoms with Crippen LogP contribution in [0.4, 0.5) is 5.69 Å². The first-order valence-electron chi connectivity index (χ1n) is 6.83. The quantitative estimate of drug-likeness (QED) is 0.905. The van der Waals surface area contributed by atoms with Crippen LogP contribution < -0.4 is 10.1 Å². The van der Waals surface area contributed by atoms with Crippen molar-refractivity contribution in [3.8, 4) is 5.75 Å². The van der Waals surface area contributed by atoms with E-state index in [1.807, 2.05) is 0 Å². The van der Waals surface area contributed by atoms with Gasteiger partial charge in [0, 0.05) is 19.3 Å². The minimum atomic E-state index is -3.56. The van der Waals surface area contributed by atoms with Gasteiger partial charge in [-0.05, 0) is 43.0 Å². The van der Waals surface area contributed by atoms with Crippen molar-refractivity contribution in [1.29, 1.82) is 0 Å². The van der Waals surface area contributed by atoms with Crippen molar-refractivity contribution in [3.05, 3.63) is 24.3 Å². The Morgan fingerprint density at radius 1 is 1.38 bits per heavy atom. The molecule has 7 heteroatoms. The highest BCUT2D eigenvalue weighted by Crippen LogP contribution is 2.56. The molecule has 2 atom stereocenters. The molecule has 0 spiro atoms. The lowest BCUT2D eigenvalue weighted by Gasteiger charge is -2.28. The van der Waals surface area contributed by atoms with Crippen molar-refractivity contribution in [1.82, 2.24) is 4.31 Å². The van der Waals surface area contributed by atoms with Crippen LogP contribution in [-0.2, 0) is 14.8 Å². The van der Waals surface area contributed by atoms with Gasteiger partial charge < -0.3 is 10.1 Å². The molecular weight excluding hydrogens is 292 g/mol. The number of hydrogen-bond acceptors (Lipinski definition) is 4. The summed E-state index contributed by atoms with van der Waals surface area (Å²) in [5.74, 6) is 0.196. The molecular formula is C14H18N2O4S. The number of methoxy groups -OCH3 is 1. The second-order valence-electron chi connectivity index (χ2n) is 5.59. The minimum Gasteiger partial charge on any atom is -0.497 e. The molecule has 0 bridgehead atoms. The zero-order valence-electron chi connectivity index (χ0n) is 12.0. The van der Waals surface area contributed by atoms with Crippen LogP contribution >= 0.6 is 0 Å². The van der Waals surface area contributed by atoms with Crippen molar-refractivity contribution < 1.29 is 17.9 Å². The van der Waals surface area contributed by atoms with Gasteiger partial charge in [-0.3, -0.25) is 4.79 Å². The van der Waals surface area contributed by atoms with Crippen LogP contribution in [0.2, 0.25) is 0 Å². The van der Waals surface area contributed by atoms with Crippen LogP contribution in [0.25, 0.3) is 0 Å². The normalized spacial score (nSPS) is 30.3. The molecule has 1 saturated heterocycles. The Bertz CT molecular complexity index is 671. The summed E-state index contributed by atoms with van der Waals surface area (Å²) >= 11 is 0. The second kappa shape index (κ2) is 4.71. The molecule has 0 unspecified atom stereocenters. The summed E-state index contributed by atoms with van der Waals surface area (Å²) in [6.07, 6.45) is 1.16. The maximum atomic E-state index is 12.5. The van der Waals surface area contributed by atoms with E-state index < -0.39 is 20.7 Å². The summed E-state index contributed by atoms with van der Waals surface area (Å²) in [5, 5.41) is 2.72. The molecule has 3 rings (SSSR count). The first kappa shape index (κ1) is 14.3. The molecule has 1 aliphatic heterocycles. The van der Waals surface area contributed by atoms with Crippen LogP contribution in [0.5, 0.6) is 5.75 Å². The number of amides is 1. The van der Waals surface area contributed by atoms with Crippen molar-refractivity contribution >= 4 is 21.6 Å². The van der Waals surface area contributed by atoms with Gasteiger partial charge in [-0.25, -0.2) is 12.7 Å². The number of hydrogen-bond donors (Lipinski definition) is 1. The summed E-state index contributed by atoms with van der Waals surface area (Å²) in [5.41, 5.74) is 0.573. The Kier molecular flexibility index (Phi) is 3.22. The fourth-order valence-corrected chi connectivity index (χ4v) is 5.14. The van der Waals surface area contributed by atoms with Crippen LogP contribution in [-0.4, -0.2) is 44.1 Å². The van der Waals surface area contributed by atoms with Crippen molar-refractivity contribution in [3.63, 3.8) is 0 Å². The molecule has 114 valence electrons. The van der Waals surface area contributed by atoms with Gasteiger partial charge in [0.05, 0.1) is 7.11 Å². The van der Waals surface area contributed by atoms with E-state index in [2.05, 4.69) is 5.32 Å². The molecule has 1 aromatic rings. The second-order valence-corrected chi connectivity index (χ2v) is 7.89. The maximum absolute atomic E-state index is 12.5. The summed E-state index contributed by atoms with van der Waals surface area (Å²) in [6, 6.07) is 6.84. The van der Waals surface area contributed by atoms with Gasteiger partial charge in [0.2, 0.25) is 15.9 Å². The Balaban J connectivity index is 1.82. The standard InChI is InChI=1S/C14H18N2O4S/c1-16-8-7-10-9-14(10,21(16,18)19)13(17)15-11-3-5-12(20-2)6-4-11/h3-6,10H,7-9H2,1-2H3,(H,15,17)/t10-,14+/m1/s1. The molecule has 21 heavy (non-hydrogen) atoms. The third-order valence-corrected chi connectivity index (χ3v) is 7.05. The number of anilines is 1. The van der Waals surface area contributed by atoms with Crippen molar-refractivity contribution in [2.45, 2.75) is 17.6 Å².